The third kappa shape index (κ3) is 3.75. The van der Waals surface area contributed by atoms with Crippen LogP contribution in [0.25, 0.3) is 0 Å². The van der Waals surface area contributed by atoms with Crippen LogP contribution in [0, 0.1) is 13.8 Å². The second-order valence-electron chi connectivity index (χ2n) is 5.04. The van der Waals surface area contributed by atoms with Crippen LogP contribution in [-0.2, 0) is 0 Å². The van der Waals surface area contributed by atoms with E-state index in [0.717, 1.165) is 11.1 Å². The molecule has 0 saturated heterocycles. The topological polar surface area (TPSA) is 75.4 Å². The van der Waals surface area contributed by atoms with Crippen LogP contribution in [0.15, 0.2) is 12.1 Å². The van der Waals surface area contributed by atoms with Gasteiger partial charge >= 0.3 is 0 Å². The predicted molar refractivity (Wildman–Crippen MR) is 69.0 cm³/mol. The summed E-state index contributed by atoms with van der Waals surface area (Å²) in [7, 11) is 0. The van der Waals surface area contributed by atoms with Gasteiger partial charge < -0.3 is 16.2 Å². The SMILES string of the molecule is Cc1cc(C)c(N)c(C(=O)NCC(C)(C)O)c1. The molecule has 0 heterocycles. The summed E-state index contributed by atoms with van der Waals surface area (Å²) >= 11 is 0. The Kier molecular flexibility index (Phi) is 3.78. The van der Waals surface area contributed by atoms with E-state index in [9.17, 15) is 9.90 Å². The van der Waals surface area contributed by atoms with Crippen molar-refractivity contribution in [2.45, 2.75) is 33.3 Å². The Morgan fingerprint density at radius 1 is 1.41 bits per heavy atom. The highest BCUT2D eigenvalue weighted by Crippen LogP contribution is 2.19. The maximum absolute atomic E-state index is 11.9. The number of hydrogen-bond acceptors (Lipinski definition) is 3. The number of aliphatic hydroxyl groups is 1. The van der Waals surface area contributed by atoms with Crippen LogP contribution in [0.5, 0.6) is 0 Å². The first kappa shape index (κ1) is 13.5. The molecule has 1 rings (SSSR count). The summed E-state index contributed by atoms with van der Waals surface area (Å²) in [5.41, 5.74) is 7.77. The lowest BCUT2D eigenvalue weighted by atomic mass is 10.0. The highest BCUT2D eigenvalue weighted by molar-refractivity contribution is 6.00. The second-order valence-corrected chi connectivity index (χ2v) is 5.04. The lowest BCUT2D eigenvalue weighted by Gasteiger charge is -2.18. The Morgan fingerprint density at radius 2 is 2.00 bits per heavy atom. The molecule has 0 fully saturated rings. The molecule has 0 bridgehead atoms. The van der Waals surface area contributed by atoms with E-state index in [1.165, 1.54) is 0 Å². The number of carbonyl (C=O) groups is 1. The quantitative estimate of drug-likeness (QED) is 0.694. The minimum atomic E-state index is -0.927. The molecule has 4 N–H and O–H groups in total. The van der Waals surface area contributed by atoms with E-state index in [4.69, 9.17) is 5.73 Å². The van der Waals surface area contributed by atoms with Crippen LogP contribution < -0.4 is 11.1 Å². The average Bonchev–Trinajstić information content (AvgIpc) is 2.19. The van der Waals surface area contributed by atoms with Gasteiger partial charge in [0, 0.05) is 12.2 Å². The smallest absolute Gasteiger partial charge is 0.253 e. The van der Waals surface area contributed by atoms with Gasteiger partial charge in [-0.05, 0) is 44.9 Å². The van der Waals surface area contributed by atoms with E-state index in [1.54, 1.807) is 19.9 Å². The zero-order valence-corrected chi connectivity index (χ0v) is 10.8. The van der Waals surface area contributed by atoms with Crippen LogP contribution in [0.2, 0.25) is 0 Å². The molecule has 0 saturated carbocycles. The number of hydrogen-bond donors (Lipinski definition) is 3. The minimum absolute atomic E-state index is 0.193. The number of rotatable bonds is 3. The van der Waals surface area contributed by atoms with Gasteiger partial charge in [-0.25, -0.2) is 0 Å². The molecular formula is C13H20N2O2. The first-order valence-corrected chi connectivity index (χ1v) is 5.58. The summed E-state index contributed by atoms with van der Waals surface area (Å²) in [6, 6.07) is 3.68. The lowest BCUT2D eigenvalue weighted by molar-refractivity contribution is 0.0694. The van der Waals surface area contributed by atoms with Crippen LogP contribution in [0.3, 0.4) is 0 Å². The Bertz CT molecular complexity index is 434. The zero-order valence-electron chi connectivity index (χ0n) is 10.8. The number of benzene rings is 1. The molecular weight excluding hydrogens is 216 g/mol. The van der Waals surface area contributed by atoms with Crippen molar-refractivity contribution in [2.24, 2.45) is 0 Å². The van der Waals surface area contributed by atoms with E-state index >= 15 is 0 Å². The monoisotopic (exact) mass is 236 g/mol. The fourth-order valence-electron chi connectivity index (χ4n) is 1.56. The number of anilines is 1. The predicted octanol–water partition coefficient (Wildman–Crippen LogP) is 1.39. The molecule has 0 aromatic heterocycles. The number of nitrogens with two attached hydrogens (primary N) is 1. The van der Waals surface area contributed by atoms with Crippen molar-refractivity contribution in [3.63, 3.8) is 0 Å². The highest BCUT2D eigenvalue weighted by Gasteiger charge is 2.17. The van der Waals surface area contributed by atoms with Crippen LogP contribution in [-0.4, -0.2) is 23.2 Å². The van der Waals surface area contributed by atoms with Gasteiger partial charge in [0.2, 0.25) is 0 Å². The first-order chi connectivity index (χ1) is 7.70. The molecule has 1 amide bonds. The Labute approximate surface area is 102 Å². The van der Waals surface area contributed by atoms with Gasteiger partial charge in [-0.1, -0.05) is 6.07 Å². The Balaban J connectivity index is 2.90. The Hall–Kier alpha value is -1.55. The van der Waals surface area contributed by atoms with Gasteiger partial charge in [0.1, 0.15) is 0 Å². The average molecular weight is 236 g/mol. The van der Waals surface area contributed by atoms with Gasteiger partial charge in [0.05, 0.1) is 11.2 Å². The van der Waals surface area contributed by atoms with E-state index in [2.05, 4.69) is 5.32 Å². The van der Waals surface area contributed by atoms with Crippen molar-refractivity contribution in [2.75, 3.05) is 12.3 Å². The van der Waals surface area contributed by atoms with Crippen molar-refractivity contribution in [3.05, 3.63) is 28.8 Å². The van der Waals surface area contributed by atoms with E-state index in [-0.39, 0.29) is 12.5 Å². The van der Waals surface area contributed by atoms with E-state index in [1.807, 2.05) is 19.9 Å². The van der Waals surface area contributed by atoms with E-state index < -0.39 is 5.60 Å². The molecule has 0 aliphatic carbocycles. The van der Waals surface area contributed by atoms with Crippen LogP contribution >= 0.6 is 0 Å². The standard InChI is InChI=1S/C13H20N2O2/c1-8-5-9(2)11(14)10(6-8)12(16)15-7-13(3,4)17/h5-6,17H,7,14H2,1-4H3,(H,15,16). The summed E-state index contributed by atoms with van der Waals surface area (Å²) < 4.78 is 0. The zero-order chi connectivity index (χ0) is 13.2. The highest BCUT2D eigenvalue weighted by atomic mass is 16.3. The third-order valence-electron chi connectivity index (χ3n) is 2.46. The fraction of sp³-hybridized carbons (Fsp3) is 0.462. The molecule has 0 aliphatic heterocycles. The van der Waals surface area contributed by atoms with Crippen molar-refractivity contribution >= 4 is 11.6 Å². The molecule has 0 radical (unpaired) electrons. The van der Waals surface area contributed by atoms with Crippen LogP contribution in [0.4, 0.5) is 5.69 Å². The molecule has 0 spiro atoms. The molecule has 94 valence electrons. The fourth-order valence-corrected chi connectivity index (χ4v) is 1.56. The normalized spacial score (nSPS) is 11.4. The maximum atomic E-state index is 11.9. The molecule has 4 heteroatoms. The number of carbonyl (C=O) groups excluding carboxylic acids is 1. The molecule has 1 aromatic rings. The van der Waals surface area contributed by atoms with Gasteiger partial charge in [-0.2, -0.15) is 0 Å². The summed E-state index contributed by atoms with van der Waals surface area (Å²) in [6.07, 6.45) is 0. The van der Waals surface area contributed by atoms with Crippen molar-refractivity contribution in [1.82, 2.24) is 5.32 Å². The maximum Gasteiger partial charge on any atom is 0.253 e. The summed E-state index contributed by atoms with van der Waals surface area (Å²) in [6.45, 7) is 7.25. The van der Waals surface area contributed by atoms with Gasteiger partial charge in [0.25, 0.3) is 5.91 Å². The lowest BCUT2D eigenvalue weighted by Crippen LogP contribution is -2.38. The van der Waals surface area contributed by atoms with Gasteiger partial charge in [-0.3, -0.25) is 4.79 Å². The molecule has 17 heavy (non-hydrogen) atoms. The van der Waals surface area contributed by atoms with Crippen molar-refractivity contribution in [1.29, 1.82) is 0 Å². The molecule has 0 aliphatic rings. The number of nitrogens with one attached hydrogen (secondary N) is 1. The van der Waals surface area contributed by atoms with Crippen LogP contribution in [0.1, 0.15) is 35.3 Å². The molecule has 4 nitrogen and oxygen atoms in total. The van der Waals surface area contributed by atoms with E-state index in [0.29, 0.717) is 11.3 Å². The number of aryl methyl sites for hydroxylation is 2. The van der Waals surface area contributed by atoms with Gasteiger partial charge in [0.15, 0.2) is 0 Å². The van der Waals surface area contributed by atoms with Crippen molar-refractivity contribution in [3.8, 4) is 0 Å². The first-order valence-electron chi connectivity index (χ1n) is 5.58. The summed E-state index contributed by atoms with van der Waals surface area (Å²) in [4.78, 5) is 11.9. The second kappa shape index (κ2) is 4.75. The number of amides is 1. The Morgan fingerprint density at radius 3 is 2.53 bits per heavy atom. The molecule has 1 aromatic carbocycles. The molecule has 0 atom stereocenters. The summed E-state index contributed by atoms with van der Waals surface area (Å²) in [5, 5.41) is 12.2. The minimum Gasteiger partial charge on any atom is -0.398 e. The third-order valence-corrected chi connectivity index (χ3v) is 2.46. The molecule has 0 unspecified atom stereocenters. The largest absolute Gasteiger partial charge is 0.398 e. The summed E-state index contributed by atoms with van der Waals surface area (Å²) in [5.74, 6) is -0.253. The number of nitrogen functional groups attached to an aromatic ring is 1. The van der Waals surface area contributed by atoms with Gasteiger partial charge in [-0.15, -0.1) is 0 Å². The van der Waals surface area contributed by atoms with Crippen molar-refractivity contribution < 1.29 is 9.90 Å².